The summed E-state index contributed by atoms with van der Waals surface area (Å²) in [5.41, 5.74) is 0.787. The summed E-state index contributed by atoms with van der Waals surface area (Å²) in [5.74, 6) is 1.25. The highest BCUT2D eigenvalue weighted by atomic mass is 16.6. The molecule has 0 aliphatic carbocycles. The monoisotopic (exact) mass is 272 g/mol. The van der Waals surface area contributed by atoms with Crippen LogP contribution in [0.4, 0.5) is 0 Å². The number of hydrogen-bond acceptors (Lipinski definition) is 4. The molecule has 0 atom stereocenters. The van der Waals surface area contributed by atoms with Crippen molar-refractivity contribution in [3.8, 4) is 17.2 Å². The molecule has 4 nitrogen and oxygen atoms in total. The zero-order chi connectivity index (χ0) is 14.4. The fourth-order valence-corrected chi connectivity index (χ4v) is 1.87. The topological polar surface area (TPSA) is 44.8 Å². The first-order valence-corrected chi connectivity index (χ1v) is 6.20. The van der Waals surface area contributed by atoms with Crippen LogP contribution in [0.2, 0.25) is 0 Å². The van der Waals surface area contributed by atoms with Crippen molar-refractivity contribution in [2.45, 2.75) is 6.42 Å². The highest BCUT2D eigenvalue weighted by Gasteiger charge is 2.12. The maximum Gasteiger partial charge on any atom is 0.315 e. The average Bonchev–Trinajstić information content (AvgIpc) is 2.48. The van der Waals surface area contributed by atoms with Crippen molar-refractivity contribution < 1.29 is 19.0 Å². The minimum absolute atomic E-state index is 0.141. The molecular formula is C16H16O4. The molecule has 0 saturated heterocycles. The van der Waals surface area contributed by atoms with Crippen molar-refractivity contribution in [3.63, 3.8) is 0 Å². The van der Waals surface area contributed by atoms with Crippen molar-refractivity contribution in [1.82, 2.24) is 0 Å². The van der Waals surface area contributed by atoms with Gasteiger partial charge in [-0.25, -0.2) is 0 Å². The molecule has 0 spiro atoms. The Hall–Kier alpha value is -2.49. The van der Waals surface area contributed by atoms with E-state index >= 15 is 0 Å². The summed E-state index contributed by atoms with van der Waals surface area (Å²) >= 11 is 0. The Morgan fingerprint density at radius 2 is 1.40 bits per heavy atom. The third kappa shape index (κ3) is 3.29. The van der Waals surface area contributed by atoms with E-state index in [1.807, 2.05) is 30.3 Å². The molecule has 0 aliphatic rings. The Labute approximate surface area is 117 Å². The summed E-state index contributed by atoms with van der Waals surface area (Å²) < 4.78 is 15.7. The number of esters is 1. The lowest BCUT2D eigenvalue weighted by Gasteiger charge is -2.10. The van der Waals surface area contributed by atoms with Gasteiger partial charge in [0.05, 0.1) is 20.6 Å². The molecule has 0 aromatic heterocycles. The van der Waals surface area contributed by atoms with Crippen LogP contribution in [0.3, 0.4) is 0 Å². The van der Waals surface area contributed by atoms with E-state index in [1.54, 1.807) is 25.3 Å². The molecule has 2 rings (SSSR count). The maximum absolute atomic E-state index is 12.0. The van der Waals surface area contributed by atoms with Gasteiger partial charge in [-0.3, -0.25) is 4.79 Å². The summed E-state index contributed by atoms with van der Waals surface area (Å²) in [5, 5.41) is 0. The van der Waals surface area contributed by atoms with E-state index in [2.05, 4.69) is 0 Å². The molecule has 0 saturated carbocycles. The van der Waals surface area contributed by atoms with Crippen LogP contribution in [0.5, 0.6) is 17.2 Å². The number of methoxy groups -OCH3 is 2. The van der Waals surface area contributed by atoms with Crippen LogP contribution in [0.15, 0.2) is 48.5 Å². The van der Waals surface area contributed by atoms with Crippen LogP contribution in [0.1, 0.15) is 5.56 Å². The number of carbonyl (C=O) groups is 1. The molecule has 0 aliphatic heterocycles. The molecule has 2 aromatic rings. The Kier molecular flexibility index (Phi) is 4.60. The Balaban J connectivity index is 2.09. The van der Waals surface area contributed by atoms with Gasteiger partial charge in [-0.2, -0.15) is 0 Å². The predicted octanol–water partition coefficient (Wildman–Crippen LogP) is 2.85. The van der Waals surface area contributed by atoms with Crippen molar-refractivity contribution in [1.29, 1.82) is 0 Å². The second-order valence-electron chi connectivity index (χ2n) is 4.11. The second kappa shape index (κ2) is 6.61. The number of ether oxygens (including phenoxy) is 3. The molecule has 0 radical (unpaired) electrons. The average molecular weight is 272 g/mol. The quantitative estimate of drug-likeness (QED) is 0.620. The standard InChI is InChI=1S/C16H16O4/c1-18-13-8-4-3-7-12(13)11-16(17)20-15-10-6-5-9-14(15)19-2/h3-10H,11H2,1-2H3. The maximum atomic E-state index is 12.0. The molecule has 104 valence electrons. The first-order valence-electron chi connectivity index (χ1n) is 6.20. The highest BCUT2D eigenvalue weighted by molar-refractivity contribution is 5.76. The normalized spacial score (nSPS) is 9.90. The van der Waals surface area contributed by atoms with E-state index in [-0.39, 0.29) is 12.4 Å². The number of rotatable bonds is 5. The van der Waals surface area contributed by atoms with E-state index in [9.17, 15) is 4.79 Å². The second-order valence-corrected chi connectivity index (χ2v) is 4.11. The van der Waals surface area contributed by atoms with Crippen LogP contribution >= 0.6 is 0 Å². The molecule has 0 N–H and O–H groups in total. The van der Waals surface area contributed by atoms with Gasteiger partial charge in [0.2, 0.25) is 0 Å². The summed E-state index contributed by atoms with van der Waals surface area (Å²) in [6.45, 7) is 0. The predicted molar refractivity (Wildman–Crippen MR) is 75.3 cm³/mol. The van der Waals surface area contributed by atoms with E-state index in [0.29, 0.717) is 17.2 Å². The van der Waals surface area contributed by atoms with Crippen molar-refractivity contribution in [2.75, 3.05) is 14.2 Å². The summed E-state index contributed by atoms with van der Waals surface area (Å²) in [6.07, 6.45) is 0.141. The van der Waals surface area contributed by atoms with E-state index < -0.39 is 0 Å². The molecular weight excluding hydrogens is 256 g/mol. The van der Waals surface area contributed by atoms with Gasteiger partial charge < -0.3 is 14.2 Å². The third-order valence-corrected chi connectivity index (χ3v) is 2.82. The number of carbonyl (C=O) groups excluding carboxylic acids is 1. The van der Waals surface area contributed by atoms with Crippen molar-refractivity contribution >= 4 is 5.97 Å². The largest absolute Gasteiger partial charge is 0.496 e. The molecule has 2 aromatic carbocycles. The lowest BCUT2D eigenvalue weighted by molar-refractivity contribution is -0.133. The first-order chi connectivity index (χ1) is 9.74. The molecule has 0 unspecified atom stereocenters. The van der Waals surface area contributed by atoms with E-state index in [0.717, 1.165) is 5.56 Å². The van der Waals surface area contributed by atoms with Crippen molar-refractivity contribution in [2.24, 2.45) is 0 Å². The molecule has 4 heteroatoms. The minimum atomic E-state index is -0.362. The van der Waals surface area contributed by atoms with Crippen LogP contribution in [-0.4, -0.2) is 20.2 Å². The third-order valence-electron chi connectivity index (χ3n) is 2.82. The Morgan fingerprint density at radius 3 is 2.05 bits per heavy atom. The van der Waals surface area contributed by atoms with Gasteiger partial charge in [-0.1, -0.05) is 30.3 Å². The van der Waals surface area contributed by atoms with Crippen LogP contribution in [-0.2, 0) is 11.2 Å². The van der Waals surface area contributed by atoms with E-state index in [1.165, 1.54) is 7.11 Å². The van der Waals surface area contributed by atoms with Gasteiger partial charge >= 0.3 is 5.97 Å². The number of hydrogen-bond donors (Lipinski definition) is 0. The fourth-order valence-electron chi connectivity index (χ4n) is 1.87. The van der Waals surface area contributed by atoms with E-state index in [4.69, 9.17) is 14.2 Å². The fraction of sp³-hybridized carbons (Fsp3) is 0.188. The summed E-state index contributed by atoms with van der Waals surface area (Å²) in [7, 11) is 3.11. The lowest BCUT2D eigenvalue weighted by atomic mass is 10.1. The lowest BCUT2D eigenvalue weighted by Crippen LogP contribution is -2.12. The highest BCUT2D eigenvalue weighted by Crippen LogP contribution is 2.26. The van der Waals surface area contributed by atoms with Gasteiger partial charge in [-0.15, -0.1) is 0 Å². The zero-order valence-corrected chi connectivity index (χ0v) is 11.5. The van der Waals surface area contributed by atoms with Gasteiger partial charge in [0.25, 0.3) is 0 Å². The molecule has 20 heavy (non-hydrogen) atoms. The smallest absolute Gasteiger partial charge is 0.315 e. The molecule has 0 amide bonds. The summed E-state index contributed by atoms with van der Waals surface area (Å²) in [4.78, 5) is 12.0. The van der Waals surface area contributed by atoms with Crippen LogP contribution in [0, 0.1) is 0 Å². The Bertz CT molecular complexity index is 541. The SMILES string of the molecule is COc1ccccc1CC(=O)Oc1ccccc1OC. The minimum Gasteiger partial charge on any atom is -0.496 e. The van der Waals surface area contributed by atoms with Gasteiger partial charge in [-0.05, 0) is 18.2 Å². The van der Waals surface area contributed by atoms with Crippen molar-refractivity contribution in [3.05, 3.63) is 54.1 Å². The van der Waals surface area contributed by atoms with Crippen LogP contribution in [0.25, 0.3) is 0 Å². The number of para-hydroxylation sites is 3. The van der Waals surface area contributed by atoms with Gasteiger partial charge in [0.15, 0.2) is 11.5 Å². The first kappa shape index (κ1) is 13.9. The molecule has 0 fully saturated rings. The molecule has 0 bridgehead atoms. The Morgan fingerprint density at radius 1 is 0.850 bits per heavy atom. The molecule has 0 heterocycles. The summed E-state index contributed by atoms with van der Waals surface area (Å²) in [6, 6.07) is 14.4. The zero-order valence-electron chi connectivity index (χ0n) is 11.5. The number of benzene rings is 2. The van der Waals surface area contributed by atoms with Gasteiger partial charge in [0, 0.05) is 5.56 Å². The van der Waals surface area contributed by atoms with Crippen LogP contribution < -0.4 is 14.2 Å². The van der Waals surface area contributed by atoms with Gasteiger partial charge in [0.1, 0.15) is 5.75 Å².